The number of ketones is 1. The van der Waals surface area contributed by atoms with Crippen LogP contribution in [0.3, 0.4) is 0 Å². The monoisotopic (exact) mass is 298 g/mol. The molecule has 1 fully saturated rings. The maximum absolute atomic E-state index is 13.6. The molecule has 0 amide bonds. The molecule has 0 saturated heterocycles. The summed E-state index contributed by atoms with van der Waals surface area (Å²) in [5.74, 6) is 0.488. The molecule has 0 bridgehead atoms. The standard InChI is InChI=1S/C14H16BrFO/c15-12-5-6-14(16)11(9-12)7-10-3-1-2-4-13(17)8-10/h5-6,9-10H,1-4,7-8H2. The van der Waals surface area contributed by atoms with Gasteiger partial charge in [0.05, 0.1) is 0 Å². The lowest BCUT2D eigenvalue weighted by atomic mass is 9.92. The summed E-state index contributed by atoms with van der Waals surface area (Å²) >= 11 is 3.35. The van der Waals surface area contributed by atoms with E-state index in [0.717, 1.165) is 29.3 Å². The van der Waals surface area contributed by atoms with Gasteiger partial charge in [-0.2, -0.15) is 0 Å². The van der Waals surface area contributed by atoms with E-state index in [1.54, 1.807) is 6.07 Å². The first-order chi connectivity index (χ1) is 8.15. The first kappa shape index (κ1) is 12.7. The number of hydrogen-bond acceptors (Lipinski definition) is 1. The van der Waals surface area contributed by atoms with Gasteiger partial charge in [0.2, 0.25) is 0 Å². The third kappa shape index (κ3) is 3.63. The molecule has 3 heteroatoms. The van der Waals surface area contributed by atoms with E-state index in [1.807, 2.05) is 6.07 Å². The van der Waals surface area contributed by atoms with Gasteiger partial charge in [0.25, 0.3) is 0 Å². The molecule has 0 aliphatic heterocycles. The molecular formula is C14H16BrFO. The van der Waals surface area contributed by atoms with E-state index in [-0.39, 0.29) is 5.82 Å². The van der Waals surface area contributed by atoms with Gasteiger partial charge in [-0.1, -0.05) is 22.4 Å². The Labute approximate surface area is 110 Å². The average Bonchev–Trinajstić information content (AvgIpc) is 2.48. The van der Waals surface area contributed by atoms with E-state index in [2.05, 4.69) is 15.9 Å². The van der Waals surface area contributed by atoms with Gasteiger partial charge in [-0.15, -0.1) is 0 Å². The summed E-state index contributed by atoms with van der Waals surface area (Å²) in [5, 5.41) is 0. The van der Waals surface area contributed by atoms with Crippen molar-refractivity contribution in [3.63, 3.8) is 0 Å². The number of hydrogen-bond donors (Lipinski definition) is 0. The molecule has 0 N–H and O–H groups in total. The number of Topliss-reactive ketones (excluding diaryl/α,β-unsaturated/α-hetero) is 1. The van der Waals surface area contributed by atoms with E-state index in [9.17, 15) is 9.18 Å². The Kier molecular flexibility index (Phi) is 4.32. The van der Waals surface area contributed by atoms with Crippen molar-refractivity contribution >= 4 is 21.7 Å². The van der Waals surface area contributed by atoms with Crippen LogP contribution >= 0.6 is 15.9 Å². The van der Waals surface area contributed by atoms with Crippen molar-refractivity contribution in [1.29, 1.82) is 0 Å². The summed E-state index contributed by atoms with van der Waals surface area (Å²) in [4.78, 5) is 11.5. The maximum atomic E-state index is 13.6. The summed E-state index contributed by atoms with van der Waals surface area (Å²) in [6.07, 6.45) is 5.13. The van der Waals surface area contributed by atoms with Gasteiger partial charge in [-0.3, -0.25) is 4.79 Å². The summed E-state index contributed by atoms with van der Waals surface area (Å²) in [6, 6.07) is 5.01. The molecule has 0 spiro atoms. The number of carbonyl (C=O) groups is 1. The minimum Gasteiger partial charge on any atom is -0.300 e. The second-order valence-electron chi connectivity index (χ2n) is 4.79. The summed E-state index contributed by atoms with van der Waals surface area (Å²) in [5.41, 5.74) is 0.721. The summed E-state index contributed by atoms with van der Waals surface area (Å²) in [7, 11) is 0. The van der Waals surface area contributed by atoms with Crippen LogP contribution in [-0.2, 0) is 11.2 Å². The highest BCUT2D eigenvalue weighted by Gasteiger charge is 2.19. The molecule has 0 radical (unpaired) electrons. The fourth-order valence-corrected chi connectivity index (χ4v) is 2.87. The quantitative estimate of drug-likeness (QED) is 0.745. The third-order valence-corrected chi connectivity index (χ3v) is 3.84. The van der Waals surface area contributed by atoms with Gasteiger partial charge in [-0.05, 0) is 48.9 Å². The van der Waals surface area contributed by atoms with E-state index < -0.39 is 0 Å². The van der Waals surface area contributed by atoms with E-state index in [1.165, 1.54) is 6.07 Å². The van der Waals surface area contributed by atoms with Gasteiger partial charge in [0.1, 0.15) is 11.6 Å². The molecule has 17 heavy (non-hydrogen) atoms. The molecule has 2 rings (SSSR count). The van der Waals surface area contributed by atoms with Crippen LogP contribution in [-0.4, -0.2) is 5.78 Å². The van der Waals surface area contributed by atoms with Crippen LogP contribution in [0.25, 0.3) is 0 Å². The van der Waals surface area contributed by atoms with Gasteiger partial charge in [0.15, 0.2) is 0 Å². The van der Waals surface area contributed by atoms with Crippen LogP contribution in [0.15, 0.2) is 22.7 Å². The predicted molar refractivity (Wildman–Crippen MR) is 69.4 cm³/mol. The fraction of sp³-hybridized carbons (Fsp3) is 0.500. The molecule has 0 heterocycles. The lowest BCUT2D eigenvalue weighted by Gasteiger charge is -2.14. The lowest BCUT2D eigenvalue weighted by Crippen LogP contribution is -2.09. The van der Waals surface area contributed by atoms with Crippen molar-refractivity contribution in [1.82, 2.24) is 0 Å². The highest BCUT2D eigenvalue weighted by atomic mass is 79.9. The highest BCUT2D eigenvalue weighted by molar-refractivity contribution is 9.10. The second-order valence-corrected chi connectivity index (χ2v) is 5.71. The van der Waals surface area contributed by atoms with Gasteiger partial charge >= 0.3 is 0 Å². The SMILES string of the molecule is O=C1CCCCC(Cc2cc(Br)ccc2F)C1. The van der Waals surface area contributed by atoms with E-state index in [0.29, 0.717) is 31.0 Å². The van der Waals surface area contributed by atoms with Crippen LogP contribution in [0.1, 0.15) is 37.7 Å². The van der Waals surface area contributed by atoms with Gasteiger partial charge in [0, 0.05) is 17.3 Å². The normalized spacial score (nSPS) is 21.3. The number of carbonyl (C=O) groups excluding carboxylic acids is 1. The smallest absolute Gasteiger partial charge is 0.133 e. The Hall–Kier alpha value is -0.700. The summed E-state index contributed by atoms with van der Waals surface area (Å²) in [6.45, 7) is 0. The molecule has 1 atom stereocenters. The first-order valence-corrected chi connectivity index (χ1v) is 6.90. The Morgan fingerprint density at radius 2 is 2.18 bits per heavy atom. The minimum atomic E-state index is -0.162. The van der Waals surface area contributed by atoms with Crippen molar-refractivity contribution < 1.29 is 9.18 Å². The molecule has 1 saturated carbocycles. The zero-order chi connectivity index (χ0) is 12.3. The number of benzene rings is 1. The zero-order valence-electron chi connectivity index (χ0n) is 9.72. The van der Waals surface area contributed by atoms with Crippen LogP contribution in [0.5, 0.6) is 0 Å². The van der Waals surface area contributed by atoms with Crippen LogP contribution in [0.2, 0.25) is 0 Å². The van der Waals surface area contributed by atoms with Gasteiger partial charge in [-0.25, -0.2) is 4.39 Å². The molecule has 1 aliphatic carbocycles. The van der Waals surface area contributed by atoms with Crippen molar-refractivity contribution in [3.8, 4) is 0 Å². The van der Waals surface area contributed by atoms with Crippen LogP contribution in [0.4, 0.5) is 4.39 Å². The molecular weight excluding hydrogens is 283 g/mol. The second kappa shape index (κ2) is 5.76. The predicted octanol–water partition coefficient (Wildman–Crippen LogP) is 4.28. The van der Waals surface area contributed by atoms with Crippen molar-refractivity contribution in [2.75, 3.05) is 0 Å². The number of halogens is 2. The van der Waals surface area contributed by atoms with Crippen molar-refractivity contribution in [3.05, 3.63) is 34.1 Å². The van der Waals surface area contributed by atoms with Crippen molar-refractivity contribution in [2.24, 2.45) is 5.92 Å². The zero-order valence-corrected chi connectivity index (χ0v) is 11.3. The maximum Gasteiger partial charge on any atom is 0.133 e. The largest absolute Gasteiger partial charge is 0.300 e. The average molecular weight is 299 g/mol. The Bertz CT molecular complexity index is 417. The third-order valence-electron chi connectivity index (χ3n) is 3.35. The molecule has 1 aliphatic rings. The summed E-state index contributed by atoms with van der Waals surface area (Å²) < 4.78 is 14.5. The fourth-order valence-electron chi connectivity index (χ4n) is 2.47. The molecule has 92 valence electrons. The minimum absolute atomic E-state index is 0.162. The molecule has 1 unspecified atom stereocenters. The van der Waals surface area contributed by atoms with E-state index in [4.69, 9.17) is 0 Å². The molecule has 1 aromatic rings. The van der Waals surface area contributed by atoms with Crippen LogP contribution in [0, 0.1) is 11.7 Å². The number of rotatable bonds is 2. The molecule has 1 nitrogen and oxygen atoms in total. The van der Waals surface area contributed by atoms with Crippen molar-refractivity contribution in [2.45, 2.75) is 38.5 Å². The topological polar surface area (TPSA) is 17.1 Å². The Balaban J connectivity index is 2.08. The van der Waals surface area contributed by atoms with E-state index >= 15 is 0 Å². The Morgan fingerprint density at radius 1 is 1.35 bits per heavy atom. The lowest BCUT2D eigenvalue weighted by molar-refractivity contribution is -0.119. The Morgan fingerprint density at radius 3 is 3.00 bits per heavy atom. The highest BCUT2D eigenvalue weighted by Crippen LogP contribution is 2.26. The molecule has 1 aromatic carbocycles. The molecule has 0 aromatic heterocycles. The van der Waals surface area contributed by atoms with Crippen LogP contribution < -0.4 is 0 Å². The van der Waals surface area contributed by atoms with Gasteiger partial charge < -0.3 is 0 Å². The first-order valence-electron chi connectivity index (χ1n) is 6.11.